The average Bonchev–Trinajstić information content (AvgIpc) is 2.14. The van der Waals surface area contributed by atoms with E-state index in [1.54, 1.807) is 0 Å². The Morgan fingerprint density at radius 3 is 2.47 bits per heavy atom. The second kappa shape index (κ2) is 4.54. The summed E-state index contributed by atoms with van der Waals surface area (Å²) in [7, 11) is 0. The Balaban J connectivity index is 2.01. The van der Waals surface area contributed by atoms with Gasteiger partial charge in [-0.05, 0) is 37.0 Å². The normalized spacial score (nSPS) is 37.3. The molecule has 2 aliphatic rings. The number of carboxylic acid groups (broad SMARTS) is 1. The molecule has 0 aromatic heterocycles. The fraction of sp³-hybridized carbons (Fsp3) is 0.923. The molecule has 2 saturated carbocycles. The van der Waals surface area contributed by atoms with Gasteiger partial charge in [0.2, 0.25) is 0 Å². The van der Waals surface area contributed by atoms with Crippen LogP contribution >= 0.6 is 0 Å². The van der Waals surface area contributed by atoms with E-state index in [0.717, 1.165) is 24.7 Å². The second-order valence-electron chi connectivity index (χ2n) is 5.39. The molecule has 0 heterocycles. The van der Waals surface area contributed by atoms with Crippen LogP contribution in [0.15, 0.2) is 0 Å². The van der Waals surface area contributed by atoms with Gasteiger partial charge in [0.1, 0.15) is 0 Å². The Kier molecular flexibility index (Phi) is 3.32. The van der Waals surface area contributed by atoms with Crippen molar-refractivity contribution in [2.24, 2.45) is 23.7 Å². The van der Waals surface area contributed by atoms with E-state index >= 15 is 0 Å². The Labute approximate surface area is 92.1 Å². The summed E-state index contributed by atoms with van der Waals surface area (Å²) < 4.78 is 0. The minimum absolute atomic E-state index is 0.0295. The molecular weight excluding hydrogens is 188 g/mol. The van der Waals surface area contributed by atoms with Gasteiger partial charge in [-0.3, -0.25) is 4.79 Å². The zero-order valence-corrected chi connectivity index (χ0v) is 9.61. The van der Waals surface area contributed by atoms with E-state index in [1.807, 2.05) is 0 Å². The Morgan fingerprint density at radius 2 is 2.00 bits per heavy atom. The summed E-state index contributed by atoms with van der Waals surface area (Å²) in [5.41, 5.74) is 0. The number of rotatable bonds is 3. The summed E-state index contributed by atoms with van der Waals surface area (Å²) in [6, 6.07) is 0. The van der Waals surface area contributed by atoms with Crippen molar-refractivity contribution in [2.45, 2.75) is 51.9 Å². The van der Waals surface area contributed by atoms with Gasteiger partial charge < -0.3 is 5.11 Å². The topological polar surface area (TPSA) is 37.3 Å². The largest absolute Gasteiger partial charge is 0.481 e. The lowest BCUT2D eigenvalue weighted by Crippen LogP contribution is -2.37. The van der Waals surface area contributed by atoms with Crippen LogP contribution in [0.2, 0.25) is 0 Å². The third-order valence-corrected chi connectivity index (χ3v) is 4.66. The molecule has 3 atom stereocenters. The molecule has 0 aromatic rings. The molecule has 0 bridgehead atoms. The summed E-state index contributed by atoms with van der Waals surface area (Å²) in [4.78, 5) is 11.2. The zero-order chi connectivity index (χ0) is 10.8. The van der Waals surface area contributed by atoms with Crippen LogP contribution in [0.1, 0.15) is 51.9 Å². The molecule has 0 saturated heterocycles. The Morgan fingerprint density at radius 1 is 1.27 bits per heavy atom. The second-order valence-corrected chi connectivity index (χ2v) is 5.39. The molecule has 1 N–H and O–H groups in total. The van der Waals surface area contributed by atoms with E-state index in [9.17, 15) is 9.90 Å². The maximum Gasteiger partial charge on any atom is 0.306 e. The lowest BCUT2D eigenvalue weighted by Gasteiger charge is -2.42. The number of carbonyl (C=O) groups is 1. The van der Waals surface area contributed by atoms with Crippen LogP contribution < -0.4 is 0 Å². The van der Waals surface area contributed by atoms with Crippen LogP contribution in [-0.2, 0) is 4.79 Å². The van der Waals surface area contributed by atoms with Crippen molar-refractivity contribution in [3.63, 3.8) is 0 Å². The molecule has 0 aliphatic heterocycles. The maximum atomic E-state index is 11.2. The lowest BCUT2D eigenvalue weighted by atomic mass is 9.62. The average molecular weight is 210 g/mol. The van der Waals surface area contributed by atoms with Crippen molar-refractivity contribution in [1.29, 1.82) is 0 Å². The van der Waals surface area contributed by atoms with Crippen molar-refractivity contribution >= 4 is 5.97 Å². The van der Waals surface area contributed by atoms with Crippen LogP contribution in [-0.4, -0.2) is 11.1 Å². The van der Waals surface area contributed by atoms with Crippen LogP contribution in [0, 0.1) is 23.7 Å². The molecule has 15 heavy (non-hydrogen) atoms. The maximum absolute atomic E-state index is 11.2. The molecule has 3 unspecified atom stereocenters. The van der Waals surface area contributed by atoms with Gasteiger partial charge in [-0.15, -0.1) is 0 Å². The number of hydrogen-bond donors (Lipinski definition) is 1. The van der Waals surface area contributed by atoms with Gasteiger partial charge in [-0.1, -0.05) is 32.6 Å². The molecular formula is C13H22O2. The first kappa shape index (κ1) is 11.0. The Bertz CT molecular complexity index is 233. The molecule has 0 spiro atoms. The minimum Gasteiger partial charge on any atom is -0.481 e. The highest BCUT2D eigenvalue weighted by atomic mass is 16.4. The summed E-state index contributed by atoms with van der Waals surface area (Å²) in [6.45, 7) is 2.24. The molecule has 0 radical (unpaired) electrons. The zero-order valence-electron chi connectivity index (χ0n) is 9.61. The van der Waals surface area contributed by atoms with E-state index in [1.165, 1.54) is 32.1 Å². The first-order valence-corrected chi connectivity index (χ1v) is 6.45. The van der Waals surface area contributed by atoms with Gasteiger partial charge in [0.05, 0.1) is 5.92 Å². The molecule has 2 heteroatoms. The third kappa shape index (κ3) is 2.19. The number of aliphatic carboxylic acids is 1. The van der Waals surface area contributed by atoms with Crippen molar-refractivity contribution in [1.82, 2.24) is 0 Å². The first-order chi connectivity index (χ1) is 7.22. The molecule has 0 amide bonds. The fourth-order valence-electron chi connectivity index (χ4n) is 3.36. The monoisotopic (exact) mass is 210 g/mol. The molecule has 0 aromatic carbocycles. The van der Waals surface area contributed by atoms with E-state index in [0.29, 0.717) is 5.92 Å². The van der Waals surface area contributed by atoms with Gasteiger partial charge >= 0.3 is 5.97 Å². The van der Waals surface area contributed by atoms with Gasteiger partial charge in [0.15, 0.2) is 0 Å². The van der Waals surface area contributed by atoms with Gasteiger partial charge in [-0.25, -0.2) is 0 Å². The standard InChI is InChI=1S/C13H22O2/c1-2-9-6-7-11(13(14)15)12(8-9)10-4-3-5-10/h9-12H,2-8H2,1H3,(H,14,15). The first-order valence-electron chi connectivity index (χ1n) is 6.45. The highest BCUT2D eigenvalue weighted by molar-refractivity contribution is 5.70. The van der Waals surface area contributed by atoms with Gasteiger partial charge in [0, 0.05) is 0 Å². The van der Waals surface area contributed by atoms with Crippen molar-refractivity contribution in [3.05, 3.63) is 0 Å². The number of hydrogen-bond acceptors (Lipinski definition) is 1. The molecule has 2 nitrogen and oxygen atoms in total. The van der Waals surface area contributed by atoms with E-state index in [2.05, 4.69) is 6.92 Å². The Hall–Kier alpha value is -0.530. The summed E-state index contributed by atoms with van der Waals surface area (Å²) in [5.74, 6) is 1.46. The lowest BCUT2D eigenvalue weighted by molar-refractivity contribution is -0.147. The van der Waals surface area contributed by atoms with E-state index < -0.39 is 5.97 Å². The van der Waals surface area contributed by atoms with Crippen LogP contribution in [0.4, 0.5) is 0 Å². The predicted octanol–water partition coefficient (Wildman–Crippen LogP) is 3.31. The smallest absolute Gasteiger partial charge is 0.306 e. The predicted molar refractivity (Wildman–Crippen MR) is 59.6 cm³/mol. The van der Waals surface area contributed by atoms with E-state index in [4.69, 9.17) is 0 Å². The minimum atomic E-state index is -0.540. The van der Waals surface area contributed by atoms with Gasteiger partial charge in [0.25, 0.3) is 0 Å². The SMILES string of the molecule is CCC1CCC(C(=O)O)C(C2CCC2)C1. The highest BCUT2D eigenvalue weighted by Crippen LogP contribution is 2.46. The van der Waals surface area contributed by atoms with Crippen molar-refractivity contribution < 1.29 is 9.90 Å². The molecule has 2 aliphatic carbocycles. The molecule has 2 fully saturated rings. The van der Waals surface area contributed by atoms with Crippen molar-refractivity contribution in [2.75, 3.05) is 0 Å². The van der Waals surface area contributed by atoms with Gasteiger partial charge in [-0.2, -0.15) is 0 Å². The quantitative estimate of drug-likeness (QED) is 0.776. The molecule has 86 valence electrons. The van der Waals surface area contributed by atoms with Crippen LogP contribution in [0.25, 0.3) is 0 Å². The molecule has 2 rings (SSSR count). The van der Waals surface area contributed by atoms with Crippen LogP contribution in [0.3, 0.4) is 0 Å². The fourth-order valence-corrected chi connectivity index (χ4v) is 3.36. The summed E-state index contributed by atoms with van der Waals surface area (Å²) in [5, 5.41) is 9.24. The van der Waals surface area contributed by atoms with Crippen LogP contribution in [0.5, 0.6) is 0 Å². The highest BCUT2D eigenvalue weighted by Gasteiger charge is 2.40. The van der Waals surface area contributed by atoms with E-state index in [-0.39, 0.29) is 5.92 Å². The summed E-state index contributed by atoms with van der Waals surface area (Å²) >= 11 is 0. The summed E-state index contributed by atoms with van der Waals surface area (Å²) in [6.07, 6.45) is 8.36. The number of carboxylic acids is 1. The third-order valence-electron chi connectivity index (χ3n) is 4.66. The van der Waals surface area contributed by atoms with Crippen molar-refractivity contribution in [3.8, 4) is 0 Å².